The van der Waals surface area contributed by atoms with E-state index in [4.69, 9.17) is 21.7 Å². The van der Waals surface area contributed by atoms with Crippen LogP contribution in [-0.4, -0.2) is 39.4 Å². The lowest BCUT2D eigenvalue weighted by molar-refractivity contribution is -0.122. The highest BCUT2D eigenvalue weighted by atomic mass is 32.2. The van der Waals surface area contributed by atoms with Gasteiger partial charge >= 0.3 is 0 Å². The molecule has 2 amide bonds. The van der Waals surface area contributed by atoms with Gasteiger partial charge < -0.3 is 14.8 Å². The van der Waals surface area contributed by atoms with Gasteiger partial charge in [-0.1, -0.05) is 30.0 Å². The average molecular weight is 428 g/mol. The van der Waals surface area contributed by atoms with Crippen LogP contribution < -0.4 is 14.8 Å². The maximum absolute atomic E-state index is 12.7. The van der Waals surface area contributed by atoms with E-state index in [1.807, 2.05) is 18.2 Å². The number of rotatable bonds is 6. The predicted octanol–water partition coefficient (Wildman–Crippen LogP) is 3.43. The second kappa shape index (κ2) is 8.62. The molecule has 0 bridgehead atoms. The molecule has 2 aliphatic rings. The number of nitrogens with one attached hydrogen (secondary N) is 1. The Balaban J connectivity index is 1.33. The fourth-order valence-electron chi connectivity index (χ4n) is 2.90. The fourth-order valence-corrected chi connectivity index (χ4v) is 4.21. The third kappa shape index (κ3) is 4.57. The summed E-state index contributed by atoms with van der Waals surface area (Å²) in [4.78, 5) is 30.8. The standard InChI is InChI=1S/C20H17N3O4S2/c24-18(22-14-3-1-7-21-11-14)4-2-8-23-19(25)17(29-20(23)28)10-13-5-6-15-16(9-13)27-12-26-15/h1,3,5-7,9-11H,2,4,8,12H2,(H,22,24). The summed E-state index contributed by atoms with van der Waals surface area (Å²) in [6.07, 6.45) is 5.81. The van der Waals surface area contributed by atoms with E-state index in [-0.39, 0.29) is 25.0 Å². The van der Waals surface area contributed by atoms with Crippen molar-refractivity contribution < 1.29 is 19.1 Å². The monoisotopic (exact) mass is 427 g/mol. The fraction of sp³-hybridized carbons (Fsp3) is 0.200. The number of carbonyl (C=O) groups excluding carboxylic acids is 2. The summed E-state index contributed by atoms with van der Waals surface area (Å²) in [6.45, 7) is 0.596. The summed E-state index contributed by atoms with van der Waals surface area (Å²) >= 11 is 6.61. The summed E-state index contributed by atoms with van der Waals surface area (Å²) in [5, 5.41) is 2.78. The number of hydrogen-bond acceptors (Lipinski definition) is 7. The Morgan fingerprint density at radius 1 is 1.31 bits per heavy atom. The van der Waals surface area contributed by atoms with Crippen molar-refractivity contribution in [3.63, 3.8) is 0 Å². The molecule has 0 unspecified atom stereocenters. The number of anilines is 1. The van der Waals surface area contributed by atoms with E-state index in [1.165, 1.54) is 16.7 Å². The van der Waals surface area contributed by atoms with Gasteiger partial charge in [-0.3, -0.25) is 19.5 Å². The Morgan fingerprint density at radius 3 is 3.00 bits per heavy atom. The molecule has 1 N–H and O–H groups in total. The molecule has 1 saturated heterocycles. The van der Waals surface area contributed by atoms with Gasteiger partial charge in [-0.15, -0.1) is 0 Å². The minimum Gasteiger partial charge on any atom is -0.454 e. The molecule has 2 aliphatic heterocycles. The molecule has 9 heteroatoms. The molecule has 0 radical (unpaired) electrons. The molecule has 0 saturated carbocycles. The first kappa shape index (κ1) is 19.4. The summed E-state index contributed by atoms with van der Waals surface area (Å²) in [5.74, 6) is 1.08. The number of ether oxygens (including phenoxy) is 2. The lowest BCUT2D eigenvalue weighted by atomic mass is 10.2. The number of thiocarbonyl (C=S) groups is 1. The van der Waals surface area contributed by atoms with E-state index < -0.39 is 0 Å². The second-order valence-electron chi connectivity index (χ2n) is 6.34. The molecule has 0 spiro atoms. The van der Waals surface area contributed by atoms with E-state index in [0.29, 0.717) is 39.4 Å². The first-order valence-corrected chi connectivity index (χ1v) is 10.2. The Morgan fingerprint density at radius 2 is 2.17 bits per heavy atom. The van der Waals surface area contributed by atoms with Crippen LogP contribution in [0.25, 0.3) is 6.08 Å². The molecule has 3 heterocycles. The highest BCUT2D eigenvalue weighted by Gasteiger charge is 2.31. The van der Waals surface area contributed by atoms with E-state index in [9.17, 15) is 9.59 Å². The minimum atomic E-state index is -0.148. The largest absolute Gasteiger partial charge is 0.454 e. The lowest BCUT2D eigenvalue weighted by Crippen LogP contribution is -2.29. The topological polar surface area (TPSA) is 80.8 Å². The number of aromatic nitrogens is 1. The van der Waals surface area contributed by atoms with Gasteiger partial charge in [0.1, 0.15) is 4.32 Å². The Kier molecular flexibility index (Phi) is 5.77. The molecular formula is C20H17N3O4S2. The average Bonchev–Trinajstić information content (AvgIpc) is 3.28. The molecule has 1 aromatic heterocycles. The van der Waals surface area contributed by atoms with Gasteiger partial charge in [0.15, 0.2) is 11.5 Å². The van der Waals surface area contributed by atoms with Crippen LogP contribution in [0.2, 0.25) is 0 Å². The molecule has 29 heavy (non-hydrogen) atoms. The van der Waals surface area contributed by atoms with E-state index in [1.54, 1.807) is 30.6 Å². The van der Waals surface area contributed by atoms with Gasteiger partial charge in [0.2, 0.25) is 12.7 Å². The van der Waals surface area contributed by atoms with Crippen LogP contribution >= 0.6 is 24.0 Å². The van der Waals surface area contributed by atoms with E-state index in [0.717, 1.165) is 5.56 Å². The van der Waals surface area contributed by atoms with Crippen molar-refractivity contribution in [3.8, 4) is 11.5 Å². The van der Waals surface area contributed by atoms with Crippen LogP contribution in [0, 0.1) is 0 Å². The van der Waals surface area contributed by atoms with E-state index in [2.05, 4.69) is 10.3 Å². The van der Waals surface area contributed by atoms with Gasteiger partial charge in [0.25, 0.3) is 5.91 Å². The maximum atomic E-state index is 12.7. The van der Waals surface area contributed by atoms with Gasteiger partial charge in [-0.25, -0.2) is 0 Å². The third-order valence-electron chi connectivity index (χ3n) is 4.30. The van der Waals surface area contributed by atoms with Crippen LogP contribution in [0.15, 0.2) is 47.6 Å². The van der Waals surface area contributed by atoms with Crippen LogP contribution in [0.1, 0.15) is 18.4 Å². The number of hydrogen-bond donors (Lipinski definition) is 1. The molecule has 7 nitrogen and oxygen atoms in total. The van der Waals surface area contributed by atoms with Crippen molar-refractivity contribution in [1.82, 2.24) is 9.88 Å². The third-order valence-corrected chi connectivity index (χ3v) is 5.68. The lowest BCUT2D eigenvalue weighted by Gasteiger charge is -2.14. The van der Waals surface area contributed by atoms with Gasteiger partial charge in [-0.05, 0) is 42.3 Å². The van der Waals surface area contributed by atoms with Crippen LogP contribution in [-0.2, 0) is 9.59 Å². The smallest absolute Gasteiger partial charge is 0.266 e. The Bertz CT molecular complexity index is 994. The van der Waals surface area contributed by atoms with Gasteiger partial charge in [0.05, 0.1) is 16.8 Å². The predicted molar refractivity (Wildman–Crippen MR) is 115 cm³/mol. The zero-order valence-electron chi connectivity index (χ0n) is 15.3. The maximum Gasteiger partial charge on any atom is 0.266 e. The first-order chi connectivity index (χ1) is 14.1. The molecule has 0 aliphatic carbocycles. The number of thioether (sulfide) groups is 1. The van der Waals surface area contributed by atoms with Crippen LogP contribution in [0.3, 0.4) is 0 Å². The molecule has 1 fully saturated rings. The summed E-state index contributed by atoms with van der Waals surface area (Å²) in [5.41, 5.74) is 1.49. The van der Waals surface area contributed by atoms with Crippen LogP contribution in [0.4, 0.5) is 5.69 Å². The highest BCUT2D eigenvalue weighted by molar-refractivity contribution is 8.26. The minimum absolute atomic E-state index is 0.126. The quantitative estimate of drug-likeness (QED) is 0.559. The number of amides is 2. The number of carbonyl (C=O) groups is 2. The molecule has 148 valence electrons. The number of benzene rings is 1. The first-order valence-electron chi connectivity index (χ1n) is 8.95. The SMILES string of the molecule is O=C(CCCN1C(=O)C(=Cc2ccc3c(c2)OCO3)SC1=S)Nc1cccnc1. The number of nitrogens with zero attached hydrogens (tertiary/aromatic N) is 2. The Labute approximate surface area is 177 Å². The molecule has 0 atom stereocenters. The summed E-state index contributed by atoms with van der Waals surface area (Å²) in [7, 11) is 0. The Hall–Kier alpha value is -2.91. The molecule has 4 rings (SSSR count). The van der Waals surface area contributed by atoms with Crippen LogP contribution in [0.5, 0.6) is 11.5 Å². The summed E-state index contributed by atoms with van der Waals surface area (Å²) < 4.78 is 11.2. The zero-order chi connectivity index (χ0) is 20.2. The van der Waals surface area contributed by atoms with Gasteiger partial charge in [0, 0.05) is 19.2 Å². The van der Waals surface area contributed by atoms with Gasteiger partial charge in [-0.2, -0.15) is 0 Å². The van der Waals surface area contributed by atoms with Crippen molar-refractivity contribution in [2.45, 2.75) is 12.8 Å². The molecule has 1 aromatic carbocycles. The van der Waals surface area contributed by atoms with Crippen molar-refractivity contribution in [2.24, 2.45) is 0 Å². The van der Waals surface area contributed by atoms with Crippen molar-refractivity contribution >= 4 is 51.9 Å². The number of pyridine rings is 1. The van der Waals surface area contributed by atoms with Crippen molar-refractivity contribution in [3.05, 3.63) is 53.2 Å². The normalized spacial score (nSPS) is 16.6. The second-order valence-corrected chi connectivity index (χ2v) is 8.02. The number of fused-ring (bicyclic) bond motifs is 1. The van der Waals surface area contributed by atoms with E-state index >= 15 is 0 Å². The zero-order valence-corrected chi connectivity index (χ0v) is 16.9. The summed E-state index contributed by atoms with van der Waals surface area (Å²) in [6, 6.07) is 9.03. The molecule has 2 aromatic rings. The highest BCUT2D eigenvalue weighted by Crippen LogP contribution is 2.36. The van der Waals surface area contributed by atoms with Crippen molar-refractivity contribution in [1.29, 1.82) is 0 Å². The van der Waals surface area contributed by atoms with Crippen molar-refractivity contribution in [2.75, 3.05) is 18.7 Å². The molecular weight excluding hydrogens is 410 g/mol.